The van der Waals surface area contributed by atoms with Crippen molar-refractivity contribution in [2.75, 3.05) is 0 Å². The number of hydrogen-bond acceptors (Lipinski definition) is 4. The highest BCUT2D eigenvalue weighted by molar-refractivity contribution is 6.32. The zero-order valence-corrected chi connectivity index (χ0v) is 15.3. The summed E-state index contributed by atoms with van der Waals surface area (Å²) < 4.78 is 41.0. The van der Waals surface area contributed by atoms with Crippen LogP contribution in [0.4, 0.5) is 13.2 Å². The lowest BCUT2D eigenvalue weighted by atomic mass is 10.1. The average Bonchev–Trinajstić information content (AvgIpc) is 3.28. The first-order chi connectivity index (χ1) is 13.3. The van der Waals surface area contributed by atoms with E-state index >= 15 is 0 Å². The van der Waals surface area contributed by atoms with E-state index < -0.39 is 22.7 Å². The molecule has 0 saturated carbocycles. The zero-order chi connectivity index (χ0) is 20.1. The fourth-order valence-electron chi connectivity index (χ4n) is 3.24. The molecule has 11 heteroatoms. The largest absolute Gasteiger partial charge is 0.417 e. The van der Waals surface area contributed by atoms with Crippen LogP contribution in [-0.2, 0) is 19.3 Å². The maximum absolute atomic E-state index is 13.1. The molecule has 0 aliphatic carbocycles. The zero-order valence-electron chi connectivity index (χ0n) is 14.5. The molecule has 0 radical (unpaired) electrons. The van der Waals surface area contributed by atoms with Crippen LogP contribution in [0.1, 0.15) is 28.7 Å². The second-order valence-corrected chi connectivity index (χ2v) is 6.88. The number of carbonyl (C=O) groups excluding carboxylic acids is 1. The molecule has 1 aliphatic heterocycles. The van der Waals surface area contributed by atoms with Crippen LogP contribution >= 0.6 is 11.6 Å². The summed E-state index contributed by atoms with van der Waals surface area (Å²) in [5.41, 5.74) is -0.0120. The third-order valence-corrected chi connectivity index (χ3v) is 5.11. The number of nitrogens with one attached hydrogen (secondary N) is 1. The molecule has 1 atom stereocenters. The summed E-state index contributed by atoms with van der Waals surface area (Å²) in [6.45, 7) is 2.14. The number of amides is 1. The van der Waals surface area contributed by atoms with Crippen LogP contribution in [0.5, 0.6) is 0 Å². The van der Waals surface area contributed by atoms with Crippen molar-refractivity contribution in [3.8, 4) is 11.4 Å². The van der Waals surface area contributed by atoms with Crippen molar-refractivity contribution in [2.45, 2.75) is 32.2 Å². The van der Waals surface area contributed by atoms with Gasteiger partial charge >= 0.3 is 6.18 Å². The van der Waals surface area contributed by atoms with Crippen LogP contribution in [0, 0.1) is 0 Å². The molecular weight excluding hydrogens is 397 g/mol. The summed E-state index contributed by atoms with van der Waals surface area (Å²) in [6.07, 6.45) is -1.35. The van der Waals surface area contributed by atoms with Crippen LogP contribution in [0.3, 0.4) is 0 Å². The molecule has 1 amide bonds. The van der Waals surface area contributed by atoms with Crippen molar-refractivity contribution < 1.29 is 18.0 Å². The Kier molecular flexibility index (Phi) is 4.37. The Hall–Kier alpha value is -2.88. The molecule has 146 valence electrons. The Morgan fingerprint density at radius 2 is 2.04 bits per heavy atom. The minimum atomic E-state index is -4.57. The number of halogens is 4. The van der Waals surface area contributed by atoms with Crippen molar-refractivity contribution in [1.82, 2.24) is 29.9 Å². The highest BCUT2D eigenvalue weighted by Gasteiger charge is 2.37. The van der Waals surface area contributed by atoms with Gasteiger partial charge in [-0.2, -0.15) is 18.3 Å². The molecule has 1 unspecified atom stereocenters. The first-order valence-electron chi connectivity index (χ1n) is 8.35. The average molecular weight is 411 g/mol. The van der Waals surface area contributed by atoms with E-state index in [1.54, 1.807) is 17.0 Å². The van der Waals surface area contributed by atoms with Gasteiger partial charge in [0.2, 0.25) is 5.82 Å². The SMILES string of the molecule is CC1Cn2c(nnc2-c2cn[nH]c2)C(=O)N1Cc1cccc(C(F)(F)F)c1Cl. The summed E-state index contributed by atoms with van der Waals surface area (Å²) in [5.74, 6) is 0.201. The molecule has 1 N–H and O–H groups in total. The lowest BCUT2D eigenvalue weighted by molar-refractivity contribution is -0.137. The summed E-state index contributed by atoms with van der Waals surface area (Å²) in [4.78, 5) is 14.4. The molecule has 0 saturated heterocycles. The number of hydrogen-bond donors (Lipinski definition) is 1. The van der Waals surface area contributed by atoms with Gasteiger partial charge in [-0.15, -0.1) is 10.2 Å². The molecule has 3 aromatic rings. The van der Waals surface area contributed by atoms with Crippen LogP contribution in [0.25, 0.3) is 11.4 Å². The molecule has 3 heterocycles. The standard InChI is InChI=1S/C17H14ClF3N6O/c1-9-7-27-14(11-5-22-23-6-11)24-25-15(27)16(28)26(9)8-10-3-2-4-12(13(10)18)17(19,20)21/h2-6,9H,7-8H2,1H3,(H,22,23). The van der Waals surface area contributed by atoms with Gasteiger partial charge in [0, 0.05) is 25.3 Å². The quantitative estimate of drug-likeness (QED) is 0.717. The number of aromatic amines is 1. The van der Waals surface area contributed by atoms with E-state index in [0.717, 1.165) is 6.07 Å². The van der Waals surface area contributed by atoms with Gasteiger partial charge in [-0.05, 0) is 18.6 Å². The predicted octanol–water partition coefficient (Wildman–Crippen LogP) is 3.38. The van der Waals surface area contributed by atoms with Crippen molar-refractivity contribution in [1.29, 1.82) is 0 Å². The summed E-state index contributed by atoms with van der Waals surface area (Å²) in [5, 5.41) is 14.2. The molecule has 0 spiro atoms. The molecule has 28 heavy (non-hydrogen) atoms. The van der Waals surface area contributed by atoms with Gasteiger partial charge in [-0.3, -0.25) is 9.89 Å². The molecule has 1 aromatic carbocycles. The van der Waals surface area contributed by atoms with Gasteiger partial charge < -0.3 is 9.47 Å². The van der Waals surface area contributed by atoms with Crippen LogP contribution in [-0.4, -0.2) is 41.8 Å². The lowest BCUT2D eigenvalue weighted by Gasteiger charge is -2.34. The van der Waals surface area contributed by atoms with Gasteiger partial charge in [0.15, 0.2) is 5.82 Å². The fraction of sp³-hybridized carbons (Fsp3) is 0.294. The van der Waals surface area contributed by atoms with E-state index in [-0.39, 0.29) is 24.0 Å². The highest BCUT2D eigenvalue weighted by Crippen LogP contribution is 2.37. The number of nitrogens with zero attached hydrogens (tertiary/aromatic N) is 5. The number of benzene rings is 1. The molecule has 0 bridgehead atoms. The number of rotatable bonds is 3. The molecular formula is C17H14ClF3N6O. The van der Waals surface area contributed by atoms with Crippen molar-refractivity contribution in [2.24, 2.45) is 0 Å². The van der Waals surface area contributed by atoms with Gasteiger partial charge in [0.05, 0.1) is 22.3 Å². The minimum Gasteiger partial charge on any atom is -0.327 e. The topological polar surface area (TPSA) is 79.7 Å². The molecule has 7 nitrogen and oxygen atoms in total. The normalized spacial score (nSPS) is 17.1. The van der Waals surface area contributed by atoms with E-state index in [1.807, 2.05) is 6.92 Å². The Bertz CT molecular complexity index is 1030. The summed E-state index contributed by atoms with van der Waals surface area (Å²) >= 11 is 5.98. The van der Waals surface area contributed by atoms with E-state index in [1.165, 1.54) is 17.0 Å². The number of carbonyl (C=O) groups is 1. The first-order valence-corrected chi connectivity index (χ1v) is 8.73. The number of fused-ring (bicyclic) bond motifs is 1. The molecule has 1 aliphatic rings. The molecule has 4 rings (SSSR count). The number of H-pyrrole nitrogens is 1. The van der Waals surface area contributed by atoms with Crippen molar-refractivity contribution in [3.05, 3.63) is 52.6 Å². The summed E-state index contributed by atoms with van der Waals surface area (Å²) in [6, 6.07) is 3.38. The van der Waals surface area contributed by atoms with Crippen molar-refractivity contribution in [3.63, 3.8) is 0 Å². The maximum Gasteiger partial charge on any atom is 0.417 e. The Labute approximate surface area is 162 Å². The second-order valence-electron chi connectivity index (χ2n) is 6.50. The Morgan fingerprint density at radius 1 is 1.29 bits per heavy atom. The number of aromatic nitrogens is 5. The van der Waals surface area contributed by atoms with E-state index in [4.69, 9.17) is 11.6 Å². The maximum atomic E-state index is 13.1. The van der Waals surface area contributed by atoms with Crippen molar-refractivity contribution >= 4 is 17.5 Å². The second kappa shape index (κ2) is 6.62. The fourth-order valence-corrected chi connectivity index (χ4v) is 3.54. The smallest absolute Gasteiger partial charge is 0.327 e. The molecule has 0 fully saturated rings. The summed E-state index contributed by atoms with van der Waals surface area (Å²) in [7, 11) is 0. The van der Waals surface area contributed by atoms with E-state index in [0.29, 0.717) is 17.9 Å². The Morgan fingerprint density at radius 3 is 2.71 bits per heavy atom. The van der Waals surface area contributed by atoms with Gasteiger partial charge in [0.1, 0.15) is 0 Å². The third-order valence-electron chi connectivity index (χ3n) is 4.66. The van der Waals surface area contributed by atoms with Gasteiger partial charge in [0.25, 0.3) is 5.91 Å². The Balaban J connectivity index is 1.66. The minimum absolute atomic E-state index is 0.0589. The lowest BCUT2D eigenvalue weighted by Crippen LogP contribution is -2.46. The van der Waals surface area contributed by atoms with Gasteiger partial charge in [-0.25, -0.2) is 0 Å². The molecule has 2 aromatic heterocycles. The predicted molar refractivity (Wildman–Crippen MR) is 93.4 cm³/mol. The van der Waals surface area contributed by atoms with Crippen LogP contribution in [0.15, 0.2) is 30.6 Å². The highest BCUT2D eigenvalue weighted by atomic mass is 35.5. The monoisotopic (exact) mass is 410 g/mol. The van der Waals surface area contributed by atoms with E-state index in [2.05, 4.69) is 20.4 Å². The van der Waals surface area contributed by atoms with Gasteiger partial charge in [-0.1, -0.05) is 23.7 Å². The first kappa shape index (κ1) is 18.5. The third kappa shape index (κ3) is 3.03. The van der Waals surface area contributed by atoms with E-state index in [9.17, 15) is 18.0 Å². The van der Waals surface area contributed by atoms with Crippen LogP contribution in [0.2, 0.25) is 5.02 Å². The number of alkyl halides is 3. The van der Waals surface area contributed by atoms with Crippen LogP contribution < -0.4 is 0 Å².